The second-order valence-electron chi connectivity index (χ2n) is 8.18. The maximum atomic E-state index is 14.1. The zero-order chi connectivity index (χ0) is 24.4. The van der Waals surface area contributed by atoms with Crippen molar-refractivity contribution in [2.24, 2.45) is 0 Å². The molecule has 10 heteroatoms. The summed E-state index contributed by atoms with van der Waals surface area (Å²) in [5.41, 5.74) is 2.39. The van der Waals surface area contributed by atoms with E-state index < -0.39 is 0 Å². The quantitative estimate of drug-likeness (QED) is 0.288. The molecular formula is C25H25ClN4O3S2. The van der Waals surface area contributed by atoms with Crippen LogP contribution in [0, 0.1) is 6.92 Å². The van der Waals surface area contributed by atoms with Crippen molar-refractivity contribution in [1.82, 2.24) is 15.0 Å². The molecule has 35 heavy (non-hydrogen) atoms. The van der Waals surface area contributed by atoms with Gasteiger partial charge in [0, 0.05) is 36.6 Å². The Bertz CT molecular complexity index is 1350. The Labute approximate surface area is 217 Å². The average molecular weight is 529 g/mol. The van der Waals surface area contributed by atoms with Crippen molar-refractivity contribution < 1.29 is 14.1 Å². The molecule has 1 aliphatic heterocycles. The Kier molecular flexibility index (Phi) is 7.40. The largest absolute Gasteiger partial charge is 0.379 e. The normalized spacial score (nSPS) is 14.5. The van der Waals surface area contributed by atoms with Gasteiger partial charge in [-0.05, 0) is 37.4 Å². The SMILES string of the molecule is CSc1ccc2nc(N(CCN3CCOCC3)C(=O)c3c(-c4ccccc4Cl)noc3C)sc2c1. The van der Waals surface area contributed by atoms with Crippen LogP contribution < -0.4 is 4.90 Å². The zero-order valence-electron chi connectivity index (χ0n) is 19.5. The van der Waals surface area contributed by atoms with Crippen molar-refractivity contribution in [3.05, 3.63) is 58.8 Å². The molecule has 0 atom stereocenters. The first kappa shape index (κ1) is 24.3. The summed E-state index contributed by atoms with van der Waals surface area (Å²) in [5, 5.41) is 5.37. The Hall–Kier alpha value is -2.43. The fraction of sp³-hybridized carbons (Fsp3) is 0.320. The number of morpholine rings is 1. The van der Waals surface area contributed by atoms with E-state index in [1.54, 1.807) is 29.7 Å². The van der Waals surface area contributed by atoms with Crippen molar-refractivity contribution in [2.45, 2.75) is 11.8 Å². The number of fused-ring (bicyclic) bond motifs is 1. The number of aromatic nitrogens is 2. The number of halogens is 1. The molecule has 0 saturated carbocycles. The van der Waals surface area contributed by atoms with E-state index in [-0.39, 0.29) is 5.91 Å². The molecule has 0 spiro atoms. The summed E-state index contributed by atoms with van der Waals surface area (Å²) in [6, 6.07) is 13.5. The number of hydrogen-bond acceptors (Lipinski definition) is 8. The van der Waals surface area contributed by atoms with E-state index in [0.717, 1.165) is 28.2 Å². The molecule has 1 fully saturated rings. The van der Waals surface area contributed by atoms with Gasteiger partial charge in [0.2, 0.25) is 0 Å². The molecule has 5 rings (SSSR count). The summed E-state index contributed by atoms with van der Waals surface area (Å²) >= 11 is 9.65. The summed E-state index contributed by atoms with van der Waals surface area (Å²) in [6.45, 7) is 6.05. The number of carbonyl (C=O) groups excluding carboxylic acids is 1. The standard InChI is InChI=1S/C25H25ClN4O3S2/c1-16-22(23(28-33-16)18-5-3-4-6-19(18)26)24(31)30(10-9-29-11-13-32-14-12-29)25-27-20-8-7-17(34-2)15-21(20)35-25/h3-8,15H,9-14H2,1-2H3. The van der Waals surface area contributed by atoms with Crippen LogP contribution in [0.5, 0.6) is 0 Å². The maximum Gasteiger partial charge on any atom is 0.266 e. The van der Waals surface area contributed by atoms with Gasteiger partial charge >= 0.3 is 0 Å². The minimum absolute atomic E-state index is 0.198. The highest BCUT2D eigenvalue weighted by molar-refractivity contribution is 7.98. The smallest absolute Gasteiger partial charge is 0.266 e. The zero-order valence-corrected chi connectivity index (χ0v) is 21.9. The second kappa shape index (κ2) is 10.7. The van der Waals surface area contributed by atoms with E-state index in [1.807, 2.05) is 30.5 Å². The number of benzene rings is 2. The summed E-state index contributed by atoms with van der Waals surface area (Å²) in [5.74, 6) is 0.253. The molecule has 0 N–H and O–H groups in total. The molecule has 2 aromatic carbocycles. The van der Waals surface area contributed by atoms with Gasteiger partial charge in [0.25, 0.3) is 5.91 Å². The Morgan fingerprint density at radius 1 is 1.23 bits per heavy atom. The van der Waals surface area contributed by atoms with Gasteiger partial charge < -0.3 is 9.26 Å². The molecule has 1 amide bonds. The van der Waals surface area contributed by atoms with E-state index in [4.69, 9.17) is 25.8 Å². The molecule has 0 radical (unpaired) electrons. The first-order valence-electron chi connectivity index (χ1n) is 11.3. The van der Waals surface area contributed by atoms with Gasteiger partial charge in [-0.2, -0.15) is 0 Å². The number of thioether (sulfide) groups is 1. The first-order valence-corrected chi connectivity index (χ1v) is 13.7. The third-order valence-electron chi connectivity index (χ3n) is 6.01. The van der Waals surface area contributed by atoms with E-state index >= 15 is 0 Å². The van der Waals surface area contributed by atoms with Gasteiger partial charge in [0.05, 0.1) is 28.5 Å². The van der Waals surface area contributed by atoms with Gasteiger partial charge in [-0.25, -0.2) is 4.98 Å². The topological polar surface area (TPSA) is 71.7 Å². The molecular weight excluding hydrogens is 504 g/mol. The number of aryl methyl sites for hydroxylation is 1. The number of thiazole rings is 1. The number of rotatable bonds is 7. The van der Waals surface area contributed by atoms with Crippen LogP contribution >= 0.6 is 34.7 Å². The van der Waals surface area contributed by atoms with Crippen molar-refractivity contribution >= 4 is 56.0 Å². The van der Waals surface area contributed by atoms with E-state index in [9.17, 15) is 4.79 Å². The van der Waals surface area contributed by atoms with Crippen LogP contribution in [-0.2, 0) is 4.74 Å². The fourth-order valence-electron chi connectivity index (χ4n) is 4.08. The van der Waals surface area contributed by atoms with Crippen LogP contribution in [0.4, 0.5) is 5.13 Å². The summed E-state index contributed by atoms with van der Waals surface area (Å²) < 4.78 is 12.0. The lowest BCUT2D eigenvalue weighted by molar-refractivity contribution is 0.0391. The van der Waals surface area contributed by atoms with Gasteiger partial charge in [-0.15, -0.1) is 11.8 Å². The lowest BCUT2D eigenvalue weighted by Gasteiger charge is -2.29. The molecule has 1 saturated heterocycles. The van der Waals surface area contributed by atoms with Crippen LogP contribution in [0.15, 0.2) is 51.9 Å². The van der Waals surface area contributed by atoms with Crippen LogP contribution in [-0.4, -0.2) is 66.6 Å². The van der Waals surface area contributed by atoms with E-state index in [1.165, 1.54) is 11.3 Å². The van der Waals surface area contributed by atoms with Crippen molar-refractivity contribution in [3.63, 3.8) is 0 Å². The average Bonchev–Trinajstić information content (AvgIpc) is 3.47. The summed E-state index contributed by atoms with van der Waals surface area (Å²) in [6.07, 6.45) is 2.05. The lowest BCUT2D eigenvalue weighted by Crippen LogP contribution is -2.43. The monoisotopic (exact) mass is 528 g/mol. The highest BCUT2D eigenvalue weighted by Gasteiger charge is 2.30. The lowest BCUT2D eigenvalue weighted by atomic mass is 10.1. The molecule has 7 nitrogen and oxygen atoms in total. The molecule has 1 aliphatic rings. The molecule has 0 unspecified atom stereocenters. The van der Waals surface area contributed by atoms with Crippen LogP contribution in [0.2, 0.25) is 5.02 Å². The molecule has 4 aromatic rings. The minimum atomic E-state index is -0.198. The third kappa shape index (κ3) is 5.10. The van der Waals surface area contributed by atoms with Crippen LogP contribution in [0.25, 0.3) is 21.5 Å². The Morgan fingerprint density at radius 2 is 2.03 bits per heavy atom. The van der Waals surface area contributed by atoms with Gasteiger partial charge in [-0.1, -0.05) is 46.3 Å². The van der Waals surface area contributed by atoms with Crippen LogP contribution in [0.1, 0.15) is 16.1 Å². The van der Waals surface area contributed by atoms with Crippen molar-refractivity contribution in [2.75, 3.05) is 50.5 Å². The number of nitrogens with zero attached hydrogens (tertiary/aromatic N) is 4. The van der Waals surface area contributed by atoms with E-state index in [0.29, 0.717) is 59.0 Å². The Balaban J connectivity index is 1.54. The minimum Gasteiger partial charge on any atom is -0.379 e. The molecule has 0 bridgehead atoms. The van der Waals surface area contributed by atoms with E-state index in [2.05, 4.69) is 22.2 Å². The number of anilines is 1. The number of ether oxygens (including phenoxy) is 1. The number of carbonyl (C=O) groups is 1. The van der Waals surface area contributed by atoms with Crippen LogP contribution in [0.3, 0.4) is 0 Å². The predicted molar refractivity (Wildman–Crippen MR) is 142 cm³/mol. The second-order valence-corrected chi connectivity index (χ2v) is 10.5. The molecule has 2 aromatic heterocycles. The maximum absolute atomic E-state index is 14.1. The number of hydrogen-bond donors (Lipinski definition) is 0. The third-order valence-corrected chi connectivity index (χ3v) is 8.11. The van der Waals surface area contributed by atoms with Crippen molar-refractivity contribution in [1.29, 1.82) is 0 Å². The number of amides is 1. The highest BCUT2D eigenvalue weighted by atomic mass is 35.5. The molecule has 182 valence electrons. The predicted octanol–water partition coefficient (Wildman–Crippen LogP) is 5.61. The first-order chi connectivity index (χ1) is 17.0. The van der Waals surface area contributed by atoms with Gasteiger partial charge in [0.15, 0.2) is 5.13 Å². The van der Waals surface area contributed by atoms with Gasteiger partial charge in [0.1, 0.15) is 17.0 Å². The fourth-order valence-corrected chi connectivity index (χ4v) is 5.85. The Morgan fingerprint density at radius 3 is 2.80 bits per heavy atom. The molecule has 3 heterocycles. The summed E-state index contributed by atoms with van der Waals surface area (Å²) in [4.78, 5) is 24.1. The highest BCUT2D eigenvalue weighted by Crippen LogP contribution is 2.35. The van der Waals surface area contributed by atoms with Gasteiger partial charge in [-0.3, -0.25) is 14.6 Å². The molecule has 0 aliphatic carbocycles. The van der Waals surface area contributed by atoms with Crippen molar-refractivity contribution in [3.8, 4) is 11.3 Å². The summed E-state index contributed by atoms with van der Waals surface area (Å²) in [7, 11) is 0.